The first-order valence-electron chi connectivity index (χ1n) is 6.47. The average Bonchev–Trinajstić information content (AvgIpc) is 3.04. The lowest BCUT2D eigenvalue weighted by molar-refractivity contribution is 0.0315. The van der Waals surface area contributed by atoms with Crippen LogP contribution in [0.25, 0.3) is 11.0 Å². The number of H-pyrrole nitrogens is 1. The molecule has 0 aliphatic carbocycles. The quantitative estimate of drug-likeness (QED) is 0.771. The van der Waals surface area contributed by atoms with Crippen molar-refractivity contribution in [2.24, 2.45) is 0 Å². The SMILES string of the molecule is CNc1nc(NCC2(C)CCCO2)c2cn[nH]c2n1. The summed E-state index contributed by atoms with van der Waals surface area (Å²) in [5, 5.41) is 14.1. The van der Waals surface area contributed by atoms with E-state index < -0.39 is 0 Å². The molecule has 0 aromatic carbocycles. The predicted octanol–water partition coefficient (Wildman–Crippen LogP) is 1.38. The molecule has 1 saturated heterocycles. The van der Waals surface area contributed by atoms with Crippen LogP contribution in [0.1, 0.15) is 19.8 Å². The molecule has 1 fully saturated rings. The zero-order chi connectivity index (χ0) is 13.3. The summed E-state index contributed by atoms with van der Waals surface area (Å²) >= 11 is 0. The van der Waals surface area contributed by atoms with Gasteiger partial charge in [-0.1, -0.05) is 0 Å². The highest BCUT2D eigenvalue weighted by Crippen LogP contribution is 2.26. The maximum absolute atomic E-state index is 5.77. The van der Waals surface area contributed by atoms with Gasteiger partial charge in [-0.3, -0.25) is 5.10 Å². The molecule has 0 saturated carbocycles. The number of aromatic amines is 1. The van der Waals surface area contributed by atoms with Crippen LogP contribution in [-0.2, 0) is 4.74 Å². The second kappa shape index (κ2) is 4.65. The number of hydrogen-bond donors (Lipinski definition) is 3. The molecule has 0 spiro atoms. The molecule has 0 bridgehead atoms. The van der Waals surface area contributed by atoms with Gasteiger partial charge in [-0.15, -0.1) is 0 Å². The van der Waals surface area contributed by atoms with E-state index >= 15 is 0 Å². The molecule has 102 valence electrons. The smallest absolute Gasteiger partial charge is 0.226 e. The van der Waals surface area contributed by atoms with Crippen LogP contribution >= 0.6 is 0 Å². The second-order valence-corrected chi connectivity index (χ2v) is 5.03. The van der Waals surface area contributed by atoms with Crippen molar-refractivity contribution in [1.82, 2.24) is 20.2 Å². The highest BCUT2D eigenvalue weighted by atomic mass is 16.5. The van der Waals surface area contributed by atoms with Crippen LogP contribution in [0.2, 0.25) is 0 Å². The maximum atomic E-state index is 5.77. The van der Waals surface area contributed by atoms with Crippen molar-refractivity contribution in [3.63, 3.8) is 0 Å². The minimum absolute atomic E-state index is 0.110. The molecule has 0 radical (unpaired) electrons. The van der Waals surface area contributed by atoms with Crippen molar-refractivity contribution in [3.05, 3.63) is 6.20 Å². The topological polar surface area (TPSA) is 87.8 Å². The van der Waals surface area contributed by atoms with Gasteiger partial charge in [0.2, 0.25) is 5.95 Å². The summed E-state index contributed by atoms with van der Waals surface area (Å²) in [6.45, 7) is 3.69. The minimum atomic E-state index is -0.110. The molecule has 7 heteroatoms. The molecule has 2 aromatic rings. The first-order chi connectivity index (χ1) is 9.20. The van der Waals surface area contributed by atoms with Gasteiger partial charge in [0, 0.05) is 20.2 Å². The summed E-state index contributed by atoms with van der Waals surface area (Å²) in [4.78, 5) is 8.73. The molecule has 3 N–H and O–H groups in total. The van der Waals surface area contributed by atoms with Crippen molar-refractivity contribution in [1.29, 1.82) is 0 Å². The van der Waals surface area contributed by atoms with Gasteiger partial charge >= 0.3 is 0 Å². The Labute approximate surface area is 111 Å². The lowest BCUT2D eigenvalue weighted by Gasteiger charge is -2.23. The van der Waals surface area contributed by atoms with E-state index in [-0.39, 0.29) is 5.60 Å². The highest BCUT2D eigenvalue weighted by Gasteiger charge is 2.29. The zero-order valence-electron chi connectivity index (χ0n) is 11.2. The monoisotopic (exact) mass is 262 g/mol. The average molecular weight is 262 g/mol. The Morgan fingerprint density at radius 3 is 3.11 bits per heavy atom. The zero-order valence-corrected chi connectivity index (χ0v) is 11.2. The number of anilines is 2. The van der Waals surface area contributed by atoms with Crippen molar-refractivity contribution in [2.45, 2.75) is 25.4 Å². The molecule has 0 amide bonds. The van der Waals surface area contributed by atoms with Gasteiger partial charge in [-0.2, -0.15) is 15.1 Å². The molecule has 1 aliphatic rings. The molecule has 7 nitrogen and oxygen atoms in total. The summed E-state index contributed by atoms with van der Waals surface area (Å²) in [5.74, 6) is 1.34. The summed E-state index contributed by atoms with van der Waals surface area (Å²) in [6, 6.07) is 0. The standard InChI is InChI=1S/C12H18N6O/c1-12(4-3-5-19-12)7-14-9-8-6-15-18-10(8)17-11(13-2)16-9/h6H,3-5,7H2,1-2H3,(H3,13,14,15,16,17,18). The number of rotatable bonds is 4. The fraction of sp³-hybridized carbons (Fsp3) is 0.583. The van der Waals surface area contributed by atoms with Crippen LogP contribution < -0.4 is 10.6 Å². The van der Waals surface area contributed by atoms with Crippen LogP contribution in [0.15, 0.2) is 6.20 Å². The molecular weight excluding hydrogens is 244 g/mol. The van der Waals surface area contributed by atoms with Crippen LogP contribution in [0.4, 0.5) is 11.8 Å². The number of nitrogens with zero attached hydrogens (tertiary/aromatic N) is 3. The van der Waals surface area contributed by atoms with E-state index in [0.29, 0.717) is 5.95 Å². The van der Waals surface area contributed by atoms with E-state index in [2.05, 4.69) is 37.7 Å². The van der Waals surface area contributed by atoms with E-state index in [1.807, 2.05) is 0 Å². The molecular formula is C12H18N6O. The lowest BCUT2D eigenvalue weighted by Crippen LogP contribution is -2.32. The Hall–Kier alpha value is -1.89. The largest absolute Gasteiger partial charge is 0.373 e. The molecule has 1 aliphatic heterocycles. The first-order valence-corrected chi connectivity index (χ1v) is 6.47. The van der Waals surface area contributed by atoms with Crippen LogP contribution in [-0.4, -0.2) is 46.0 Å². The Kier molecular flexibility index (Phi) is 2.98. The molecule has 1 unspecified atom stereocenters. The number of hydrogen-bond acceptors (Lipinski definition) is 6. The number of nitrogens with one attached hydrogen (secondary N) is 3. The van der Waals surface area contributed by atoms with E-state index in [4.69, 9.17) is 4.74 Å². The fourth-order valence-corrected chi connectivity index (χ4v) is 2.33. The second-order valence-electron chi connectivity index (χ2n) is 5.03. The third-order valence-corrected chi connectivity index (χ3v) is 3.46. The molecule has 2 aromatic heterocycles. The number of aromatic nitrogens is 4. The summed E-state index contributed by atoms with van der Waals surface area (Å²) < 4.78 is 5.77. The van der Waals surface area contributed by atoms with Gasteiger partial charge in [0.1, 0.15) is 5.82 Å². The molecule has 19 heavy (non-hydrogen) atoms. The van der Waals surface area contributed by atoms with Gasteiger partial charge in [0.05, 0.1) is 17.2 Å². The summed E-state index contributed by atoms with van der Waals surface area (Å²) in [6.07, 6.45) is 3.91. The van der Waals surface area contributed by atoms with Gasteiger partial charge in [0.15, 0.2) is 5.65 Å². The van der Waals surface area contributed by atoms with E-state index in [0.717, 1.165) is 42.8 Å². The maximum Gasteiger partial charge on any atom is 0.226 e. The molecule has 3 heterocycles. The first kappa shape index (κ1) is 12.2. The van der Waals surface area contributed by atoms with Gasteiger partial charge in [0.25, 0.3) is 0 Å². The summed E-state index contributed by atoms with van der Waals surface area (Å²) in [7, 11) is 1.79. The number of ether oxygens (including phenoxy) is 1. The van der Waals surface area contributed by atoms with Crippen molar-refractivity contribution < 1.29 is 4.74 Å². The van der Waals surface area contributed by atoms with Gasteiger partial charge < -0.3 is 15.4 Å². The van der Waals surface area contributed by atoms with Crippen molar-refractivity contribution in [3.8, 4) is 0 Å². The normalized spacial score (nSPS) is 22.8. The van der Waals surface area contributed by atoms with Crippen LogP contribution in [0, 0.1) is 0 Å². The third-order valence-electron chi connectivity index (χ3n) is 3.46. The van der Waals surface area contributed by atoms with Gasteiger partial charge in [-0.05, 0) is 19.8 Å². The Morgan fingerprint density at radius 1 is 1.47 bits per heavy atom. The van der Waals surface area contributed by atoms with Crippen molar-refractivity contribution in [2.75, 3.05) is 30.8 Å². The third kappa shape index (κ3) is 2.33. The van der Waals surface area contributed by atoms with E-state index in [1.165, 1.54) is 0 Å². The van der Waals surface area contributed by atoms with Crippen LogP contribution in [0.5, 0.6) is 0 Å². The van der Waals surface area contributed by atoms with E-state index in [1.54, 1.807) is 13.2 Å². The van der Waals surface area contributed by atoms with E-state index in [9.17, 15) is 0 Å². The molecule has 3 rings (SSSR count). The predicted molar refractivity (Wildman–Crippen MR) is 73.3 cm³/mol. The molecule has 1 atom stereocenters. The Balaban J connectivity index is 1.85. The fourth-order valence-electron chi connectivity index (χ4n) is 2.33. The van der Waals surface area contributed by atoms with Gasteiger partial charge in [-0.25, -0.2) is 0 Å². The minimum Gasteiger partial charge on any atom is -0.373 e. The lowest BCUT2D eigenvalue weighted by atomic mass is 10.0. The van der Waals surface area contributed by atoms with Crippen LogP contribution in [0.3, 0.4) is 0 Å². The highest BCUT2D eigenvalue weighted by molar-refractivity contribution is 5.86. The number of fused-ring (bicyclic) bond motifs is 1. The Bertz CT molecular complexity index is 575. The van der Waals surface area contributed by atoms with Crippen molar-refractivity contribution >= 4 is 22.8 Å². The summed E-state index contributed by atoms with van der Waals surface area (Å²) in [5.41, 5.74) is 0.611. The Morgan fingerprint density at radius 2 is 2.37 bits per heavy atom.